The topological polar surface area (TPSA) is 63.9 Å². The van der Waals surface area contributed by atoms with Gasteiger partial charge in [-0.25, -0.2) is 4.68 Å². The molecule has 0 aliphatic heterocycles. The normalized spacial score (nSPS) is 14.6. The van der Waals surface area contributed by atoms with Crippen molar-refractivity contribution in [2.45, 2.75) is 32.0 Å². The van der Waals surface area contributed by atoms with Crippen LogP contribution in [-0.2, 0) is 17.9 Å². The largest absolute Gasteiger partial charge is 0.334 e. The van der Waals surface area contributed by atoms with Crippen molar-refractivity contribution in [1.82, 2.24) is 25.1 Å². The molecule has 0 bridgehead atoms. The van der Waals surface area contributed by atoms with Crippen molar-refractivity contribution in [3.8, 4) is 0 Å². The zero-order valence-electron chi connectivity index (χ0n) is 10.1. The first kappa shape index (κ1) is 12.7. The zero-order valence-corrected chi connectivity index (χ0v) is 12.5. The van der Waals surface area contributed by atoms with Crippen molar-refractivity contribution in [3.63, 3.8) is 0 Å². The van der Waals surface area contributed by atoms with Gasteiger partial charge in [0.2, 0.25) is 5.91 Å². The second kappa shape index (κ2) is 5.38. The summed E-state index contributed by atoms with van der Waals surface area (Å²) in [5, 5.41) is 12.9. The fraction of sp³-hybridized carbons (Fsp3) is 0.455. The maximum atomic E-state index is 12.3. The predicted octanol–water partition coefficient (Wildman–Crippen LogP) is 1.69. The average molecular weight is 342 g/mol. The van der Waals surface area contributed by atoms with E-state index in [2.05, 4.69) is 42.9 Å². The van der Waals surface area contributed by atoms with Crippen LogP contribution in [0.25, 0.3) is 0 Å². The Bertz CT molecular complexity index is 565. The van der Waals surface area contributed by atoms with E-state index >= 15 is 0 Å². The minimum absolute atomic E-state index is 0.0668. The minimum Gasteiger partial charge on any atom is -0.334 e. The molecule has 2 aromatic heterocycles. The first-order valence-electron chi connectivity index (χ1n) is 5.95. The van der Waals surface area contributed by atoms with Crippen LogP contribution in [0.1, 0.15) is 18.4 Å². The molecule has 2 aromatic rings. The van der Waals surface area contributed by atoms with Gasteiger partial charge >= 0.3 is 0 Å². The number of amides is 1. The summed E-state index contributed by atoms with van der Waals surface area (Å²) in [5.41, 5.74) is 1.16. The van der Waals surface area contributed by atoms with Crippen molar-refractivity contribution in [2.75, 3.05) is 0 Å². The molecule has 0 radical (unpaired) electrons. The van der Waals surface area contributed by atoms with E-state index in [0.29, 0.717) is 12.6 Å². The number of carbonyl (C=O) groups excluding carboxylic acids is 1. The predicted molar refractivity (Wildman–Crippen MR) is 73.4 cm³/mol. The number of thiophene rings is 1. The van der Waals surface area contributed by atoms with Crippen LogP contribution in [0, 0.1) is 0 Å². The molecule has 6 nitrogen and oxygen atoms in total. The highest BCUT2D eigenvalue weighted by molar-refractivity contribution is 9.11. The van der Waals surface area contributed by atoms with Gasteiger partial charge < -0.3 is 4.90 Å². The summed E-state index contributed by atoms with van der Waals surface area (Å²) in [6, 6.07) is 2.44. The standard InChI is InChI=1S/C11H12BrN5OS/c12-10-3-8(6-19-10)4-17(9-1-2-9)11(18)5-16-7-13-14-15-16/h3,6-7,9H,1-2,4-5H2. The number of hydrogen-bond acceptors (Lipinski definition) is 5. The molecule has 1 aliphatic carbocycles. The number of aromatic nitrogens is 4. The molecule has 3 rings (SSSR count). The van der Waals surface area contributed by atoms with E-state index in [4.69, 9.17) is 0 Å². The molecular formula is C11H12BrN5OS. The molecular weight excluding hydrogens is 330 g/mol. The van der Waals surface area contributed by atoms with Crippen LogP contribution in [0.4, 0.5) is 0 Å². The summed E-state index contributed by atoms with van der Waals surface area (Å²) < 4.78 is 2.55. The van der Waals surface area contributed by atoms with Gasteiger partial charge in [-0.15, -0.1) is 16.4 Å². The second-order valence-electron chi connectivity index (χ2n) is 4.52. The van der Waals surface area contributed by atoms with Crippen molar-refractivity contribution in [3.05, 3.63) is 27.1 Å². The molecule has 1 amide bonds. The van der Waals surface area contributed by atoms with E-state index in [9.17, 15) is 4.79 Å². The Balaban J connectivity index is 1.68. The number of nitrogens with zero attached hydrogens (tertiary/aromatic N) is 5. The summed E-state index contributed by atoms with van der Waals surface area (Å²) in [5.74, 6) is 0.0668. The maximum Gasteiger partial charge on any atom is 0.244 e. The van der Waals surface area contributed by atoms with Crippen LogP contribution in [0.15, 0.2) is 21.6 Å². The fourth-order valence-corrected chi connectivity index (χ4v) is 3.11. The third kappa shape index (κ3) is 3.19. The molecule has 0 N–H and O–H groups in total. The van der Waals surface area contributed by atoms with E-state index < -0.39 is 0 Å². The van der Waals surface area contributed by atoms with Gasteiger partial charge in [0, 0.05) is 12.6 Å². The molecule has 100 valence electrons. The van der Waals surface area contributed by atoms with Gasteiger partial charge in [-0.2, -0.15) is 0 Å². The summed E-state index contributed by atoms with van der Waals surface area (Å²) in [7, 11) is 0. The quantitative estimate of drug-likeness (QED) is 0.830. The van der Waals surface area contributed by atoms with E-state index in [1.54, 1.807) is 11.3 Å². The van der Waals surface area contributed by atoms with E-state index in [0.717, 1.165) is 22.2 Å². The van der Waals surface area contributed by atoms with Gasteiger partial charge in [-0.05, 0) is 56.2 Å². The highest BCUT2D eigenvalue weighted by Crippen LogP contribution is 2.30. The van der Waals surface area contributed by atoms with Crippen LogP contribution in [-0.4, -0.2) is 37.1 Å². The van der Waals surface area contributed by atoms with Gasteiger partial charge in [-0.1, -0.05) is 0 Å². The number of hydrogen-bond donors (Lipinski definition) is 0. The van der Waals surface area contributed by atoms with Gasteiger partial charge in [-0.3, -0.25) is 4.79 Å². The van der Waals surface area contributed by atoms with Crippen molar-refractivity contribution < 1.29 is 4.79 Å². The Kier molecular flexibility index (Phi) is 3.61. The lowest BCUT2D eigenvalue weighted by atomic mass is 10.3. The van der Waals surface area contributed by atoms with Crippen LogP contribution in [0.5, 0.6) is 0 Å². The molecule has 0 saturated heterocycles. The molecule has 0 spiro atoms. The Morgan fingerprint density at radius 3 is 3.00 bits per heavy atom. The zero-order chi connectivity index (χ0) is 13.2. The summed E-state index contributed by atoms with van der Waals surface area (Å²) in [6.45, 7) is 0.864. The van der Waals surface area contributed by atoms with Gasteiger partial charge in [0.1, 0.15) is 12.9 Å². The van der Waals surface area contributed by atoms with E-state index in [1.807, 2.05) is 4.90 Å². The summed E-state index contributed by atoms with van der Waals surface area (Å²) in [4.78, 5) is 14.2. The molecule has 8 heteroatoms. The lowest BCUT2D eigenvalue weighted by Gasteiger charge is -2.21. The summed E-state index contributed by atoms with van der Waals surface area (Å²) in [6.07, 6.45) is 3.64. The number of carbonyl (C=O) groups is 1. The first-order valence-corrected chi connectivity index (χ1v) is 7.63. The number of tetrazole rings is 1. The van der Waals surface area contributed by atoms with Crippen LogP contribution in [0.2, 0.25) is 0 Å². The molecule has 0 atom stereocenters. The van der Waals surface area contributed by atoms with Gasteiger partial charge in [0.05, 0.1) is 3.79 Å². The molecule has 1 saturated carbocycles. The van der Waals surface area contributed by atoms with Crippen molar-refractivity contribution >= 4 is 33.2 Å². The smallest absolute Gasteiger partial charge is 0.244 e. The minimum atomic E-state index is 0.0668. The van der Waals surface area contributed by atoms with Gasteiger partial charge in [0.15, 0.2) is 0 Å². The van der Waals surface area contributed by atoms with E-state index in [-0.39, 0.29) is 12.5 Å². The highest BCUT2D eigenvalue weighted by Gasteiger charge is 2.32. The molecule has 0 unspecified atom stereocenters. The highest BCUT2D eigenvalue weighted by atomic mass is 79.9. The van der Waals surface area contributed by atoms with Gasteiger partial charge in [0.25, 0.3) is 0 Å². The third-order valence-corrected chi connectivity index (χ3v) is 4.52. The van der Waals surface area contributed by atoms with Crippen molar-refractivity contribution in [1.29, 1.82) is 0 Å². The summed E-state index contributed by atoms with van der Waals surface area (Å²) >= 11 is 5.08. The average Bonchev–Trinajstić information content (AvgIpc) is 2.94. The number of rotatable bonds is 5. The third-order valence-electron chi connectivity index (χ3n) is 2.97. The lowest BCUT2D eigenvalue weighted by Crippen LogP contribution is -2.35. The Labute approximate surface area is 122 Å². The Morgan fingerprint density at radius 1 is 1.58 bits per heavy atom. The lowest BCUT2D eigenvalue weighted by molar-refractivity contribution is -0.133. The number of halogens is 1. The second-order valence-corrected chi connectivity index (χ2v) is 6.81. The van der Waals surface area contributed by atoms with Crippen molar-refractivity contribution in [2.24, 2.45) is 0 Å². The monoisotopic (exact) mass is 341 g/mol. The SMILES string of the molecule is O=C(Cn1cnnn1)N(Cc1csc(Br)c1)C1CC1. The fourth-order valence-electron chi connectivity index (χ4n) is 1.91. The molecule has 19 heavy (non-hydrogen) atoms. The van der Waals surface area contributed by atoms with Crippen LogP contribution < -0.4 is 0 Å². The molecule has 0 aromatic carbocycles. The molecule has 1 aliphatic rings. The van der Waals surface area contributed by atoms with Crippen LogP contribution in [0.3, 0.4) is 0 Å². The van der Waals surface area contributed by atoms with E-state index in [1.165, 1.54) is 11.0 Å². The Morgan fingerprint density at radius 2 is 2.42 bits per heavy atom. The first-order chi connectivity index (χ1) is 9.22. The molecule has 2 heterocycles. The molecule has 1 fully saturated rings. The Hall–Kier alpha value is -1.28. The maximum absolute atomic E-state index is 12.3. The van der Waals surface area contributed by atoms with Crippen LogP contribution >= 0.6 is 27.3 Å².